The van der Waals surface area contributed by atoms with Crippen molar-refractivity contribution in [1.29, 1.82) is 0 Å². The molecule has 0 aliphatic carbocycles. The van der Waals surface area contributed by atoms with Crippen LogP contribution in [0.2, 0.25) is 0 Å². The molecule has 1 fully saturated rings. The average Bonchev–Trinajstić information content (AvgIpc) is 2.37. The minimum atomic E-state index is -0.511. The van der Waals surface area contributed by atoms with Crippen molar-refractivity contribution >= 4 is 12.4 Å². The first-order valence-corrected chi connectivity index (χ1v) is 7.18. The molecule has 5 heteroatoms. The van der Waals surface area contributed by atoms with Gasteiger partial charge >= 0.3 is 6.09 Å². The molecule has 0 aromatic heterocycles. The molecule has 1 aliphatic rings. The number of methoxy groups -OCH3 is 1. The normalized spacial score (nSPS) is 23.1. The minimum Gasteiger partial charge on any atom is -0.444 e. The van der Waals surface area contributed by atoms with Gasteiger partial charge in [0.25, 0.3) is 0 Å². The molecule has 0 bridgehead atoms. The predicted octanol–water partition coefficient (Wildman–Crippen LogP) is 2.63. The molecule has 1 rings (SSSR count). The molecule has 0 aromatic carbocycles. The number of aldehydes is 1. The Morgan fingerprint density at radius 3 is 2.50 bits per heavy atom. The van der Waals surface area contributed by atoms with Gasteiger partial charge in [0.2, 0.25) is 0 Å². The fraction of sp³-hybridized carbons (Fsp3) is 0.867. The Morgan fingerprint density at radius 2 is 2.00 bits per heavy atom. The van der Waals surface area contributed by atoms with Crippen LogP contribution in [0.15, 0.2) is 0 Å². The van der Waals surface area contributed by atoms with E-state index >= 15 is 0 Å². The van der Waals surface area contributed by atoms with Gasteiger partial charge in [-0.3, -0.25) is 0 Å². The van der Waals surface area contributed by atoms with Crippen molar-refractivity contribution in [3.05, 3.63) is 0 Å². The van der Waals surface area contributed by atoms with Crippen LogP contribution in [0.25, 0.3) is 0 Å². The second-order valence-corrected chi connectivity index (χ2v) is 6.65. The number of carbonyl (C=O) groups is 2. The summed E-state index contributed by atoms with van der Waals surface area (Å²) in [4.78, 5) is 24.7. The molecular weight excluding hydrogens is 258 g/mol. The number of likely N-dealkylation sites (tertiary alicyclic amines) is 1. The molecule has 20 heavy (non-hydrogen) atoms. The largest absolute Gasteiger partial charge is 0.444 e. The summed E-state index contributed by atoms with van der Waals surface area (Å²) in [6.45, 7) is 8.79. The summed E-state index contributed by atoms with van der Waals surface area (Å²) in [5, 5.41) is 0. The van der Waals surface area contributed by atoms with Crippen LogP contribution < -0.4 is 0 Å². The fourth-order valence-corrected chi connectivity index (χ4v) is 2.55. The SMILES string of the molecule is COC(C)(CC=O)C1CCCN(C(=O)OC(C)(C)C)C1. The van der Waals surface area contributed by atoms with Crippen LogP contribution >= 0.6 is 0 Å². The molecular formula is C15H27NO4. The molecule has 0 N–H and O–H groups in total. The first-order chi connectivity index (χ1) is 9.22. The van der Waals surface area contributed by atoms with Gasteiger partial charge in [-0.05, 0) is 40.5 Å². The molecule has 0 spiro atoms. The van der Waals surface area contributed by atoms with E-state index in [1.807, 2.05) is 27.7 Å². The van der Waals surface area contributed by atoms with Crippen LogP contribution in [0, 0.1) is 5.92 Å². The maximum atomic E-state index is 12.1. The monoisotopic (exact) mass is 285 g/mol. The quantitative estimate of drug-likeness (QED) is 0.745. The van der Waals surface area contributed by atoms with Gasteiger partial charge in [-0.1, -0.05) is 0 Å². The van der Waals surface area contributed by atoms with Crippen molar-refractivity contribution in [3.8, 4) is 0 Å². The van der Waals surface area contributed by atoms with Crippen molar-refractivity contribution in [3.63, 3.8) is 0 Å². The summed E-state index contributed by atoms with van der Waals surface area (Å²) in [5.74, 6) is 0.152. The first-order valence-electron chi connectivity index (χ1n) is 7.18. The molecule has 0 aromatic rings. The van der Waals surface area contributed by atoms with Gasteiger partial charge in [0.15, 0.2) is 0 Å². The van der Waals surface area contributed by atoms with E-state index in [2.05, 4.69) is 0 Å². The van der Waals surface area contributed by atoms with E-state index < -0.39 is 11.2 Å². The number of ether oxygens (including phenoxy) is 2. The summed E-state index contributed by atoms with van der Waals surface area (Å²) >= 11 is 0. The van der Waals surface area contributed by atoms with Crippen molar-refractivity contribution in [2.45, 2.75) is 58.2 Å². The maximum absolute atomic E-state index is 12.1. The molecule has 0 saturated carbocycles. The van der Waals surface area contributed by atoms with E-state index in [4.69, 9.17) is 9.47 Å². The summed E-state index contributed by atoms with van der Waals surface area (Å²) in [5.41, 5.74) is -1.00. The van der Waals surface area contributed by atoms with Gasteiger partial charge < -0.3 is 19.2 Å². The predicted molar refractivity (Wildman–Crippen MR) is 76.6 cm³/mol. The molecule has 5 nitrogen and oxygen atoms in total. The van der Waals surface area contributed by atoms with Crippen molar-refractivity contribution in [2.75, 3.05) is 20.2 Å². The van der Waals surface area contributed by atoms with Crippen molar-refractivity contribution in [2.24, 2.45) is 5.92 Å². The van der Waals surface area contributed by atoms with Gasteiger partial charge in [0, 0.05) is 32.5 Å². The van der Waals surface area contributed by atoms with Crippen molar-refractivity contribution < 1.29 is 19.1 Å². The second-order valence-electron chi connectivity index (χ2n) is 6.65. The van der Waals surface area contributed by atoms with Crippen LogP contribution in [0.1, 0.15) is 47.0 Å². The van der Waals surface area contributed by atoms with Gasteiger partial charge in [-0.2, -0.15) is 0 Å². The number of rotatable bonds is 4. The van der Waals surface area contributed by atoms with Crippen LogP contribution in [-0.2, 0) is 14.3 Å². The zero-order valence-electron chi connectivity index (χ0n) is 13.3. The molecule has 1 saturated heterocycles. The second kappa shape index (κ2) is 6.57. The topological polar surface area (TPSA) is 55.8 Å². The van der Waals surface area contributed by atoms with Crippen LogP contribution in [-0.4, -0.2) is 48.7 Å². The number of amides is 1. The summed E-state index contributed by atoms with van der Waals surface area (Å²) < 4.78 is 10.9. The smallest absolute Gasteiger partial charge is 0.410 e. The number of piperidine rings is 1. The highest BCUT2D eigenvalue weighted by Gasteiger charge is 2.38. The lowest BCUT2D eigenvalue weighted by Crippen LogP contribution is -2.50. The first kappa shape index (κ1) is 17.0. The highest BCUT2D eigenvalue weighted by molar-refractivity contribution is 5.68. The Kier molecular flexibility index (Phi) is 5.57. The van der Waals surface area contributed by atoms with E-state index in [1.54, 1.807) is 12.0 Å². The summed E-state index contributed by atoms with van der Waals surface area (Å²) in [6, 6.07) is 0. The third kappa shape index (κ3) is 4.47. The van der Waals surface area contributed by atoms with E-state index in [-0.39, 0.29) is 12.0 Å². The lowest BCUT2D eigenvalue weighted by atomic mass is 9.81. The van der Waals surface area contributed by atoms with Gasteiger partial charge in [0.05, 0.1) is 5.60 Å². The van der Waals surface area contributed by atoms with Gasteiger partial charge in [-0.15, -0.1) is 0 Å². The highest BCUT2D eigenvalue weighted by Crippen LogP contribution is 2.32. The van der Waals surface area contributed by atoms with Crippen LogP contribution in [0.4, 0.5) is 4.79 Å². The molecule has 0 radical (unpaired) electrons. The molecule has 1 amide bonds. The average molecular weight is 285 g/mol. The Balaban J connectivity index is 2.71. The maximum Gasteiger partial charge on any atom is 0.410 e. The molecule has 1 heterocycles. The van der Waals surface area contributed by atoms with E-state index in [0.717, 1.165) is 19.1 Å². The van der Waals surface area contributed by atoms with Gasteiger partial charge in [0.1, 0.15) is 11.9 Å². The third-order valence-corrected chi connectivity index (χ3v) is 3.89. The lowest BCUT2D eigenvalue weighted by molar-refractivity contribution is -0.118. The Labute approximate surface area is 121 Å². The van der Waals surface area contributed by atoms with Crippen LogP contribution in [0.5, 0.6) is 0 Å². The molecule has 2 atom stereocenters. The molecule has 116 valence electrons. The minimum absolute atomic E-state index is 0.152. The number of nitrogens with zero attached hydrogens (tertiary/aromatic N) is 1. The van der Waals surface area contributed by atoms with Crippen LogP contribution in [0.3, 0.4) is 0 Å². The molecule has 1 aliphatic heterocycles. The Hall–Kier alpha value is -1.10. The third-order valence-electron chi connectivity index (χ3n) is 3.89. The number of hydrogen-bond donors (Lipinski definition) is 0. The fourth-order valence-electron chi connectivity index (χ4n) is 2.55. The summed E-state index contributed by atoms with van der Waals surface area (Å²) in [6.07, 6.45) is 2.80. The summed E-state index contributed by atoms with van der Waals surface area (Å²) in [7, 11) is 1.62. The standard InChI is InChI=1S/C15H27NO4/c1-14(2,3)20-13(18)16-9-6-7-12(11-16)15(4,19-5)8-10-17/h10,12H,6-9,11H2,1-5H3. The van der Waals surface area contributed by atoms with E-state index in [9.17, 15) is 9.59 Å². The number of hydrogen-bond acceptors (Lipinski definition) is 4. The Morgan fingerprint density at radius 1 is 1.35 bits per heavy atom. The zero-order chi connectivity index (χ0) is 15.4. The highest BCUT2D eigenvalue weighted by atomic mass is 16.6. The van der Waals surface area contributed by atoms with E-state index in [1.165, 1.54) is 0 Å². The van der Waals surface area contributed by atoms with E-state index in [0.29, 0.717) is 19.5 Å². The Bertz CT molecular complexity index is 350. The lowest BCUT2D eigenvalue weighted by Gasteiger charge is -2.42. The zero-order valence-corrected chi connectivity index (χ0v) is 13.3. The van der Waals surface area contributed by atoms with Gasteiger partial charge in [-0.25, -0.2) is 4.79 Å². The molecule has 2 unspecified atom stereocenters. The number of carbonyl (C=O) groups excluding carboxylic acids is 2. The van der Waals surface area contributed by atoms with Crippen molar-refractivity contribution in [1.82, 2.24) is 4.90 Å².